The zero-order chi connectivity index (χ0) is 17.2. The number of hydrogen-bond acceptors (Lipinski definition) is 4. The lowest BCUT2D eigenvalue weighted by atomic mass is 10.3. The first-order chi connectivity index (χ1) is 12.2. The van der Waals surface area contributed by atoms with E-state index in [2.05, 4.69) is 20.4 Å². The van der Waals surface area contributed by atoms with Crippen molar-refractivity contribution in [3.05, 3.63) is 82.8 Å². The molecule has 7 nitrogen and oxygen atoms in total. The van der Waals surface area contributed by atoms with E-state index >= 15 is 0 Å². The maximum atomic E-state index is 12.4. The van der Waals surface area contributed by atoms with E-state index < -0.39 is 5.91 Å². The third-order valence-corrected chi connectivity index (χ3v) is 3.65. The molecule has 25 heavy (non-hydrogen) atoms. The van der Waals surface area contributed by atoms with Crippen molar-refractivity contribution in [2.24, 2.45) is 0 Å². The minimum absolute atomic E-state index is 0.115. The summed E-state index contributed by atoms with van der Waals surface area (Å²) in [5.41, 5.74) is 1.96. The Kier molecular flexibility index (Phi) is 3.59. The van der Waals surface area contributed by atoms with Gasteiger partial charge in [-0.15, -0.1) is 0 Å². The molecule has 4 aromatic rings. The predicted octanol–water partition coefficient (Wildman–Crippen LogP) is 2.36. The molecule has 0 unspecified atom stereocenters. The summed E-state index contributed by atoms with van der Waals surface area (Å²) in [4.78, 5) is 31.8. The zero-order valence-electron chi connectivity index (χ0n) is 13.0. The molecule has 1 amide bonds. The van der Waals surface area contributed by atoms with Crippen LogP contribution in [0.25, 0.3) is 16.7 Å². The molecule has 0 aliphatic heterocycles. The van der Waals surface area contributed by atoms with Gasteiger partial charge in [0.25, 0.3) is 11.5 Å². The highest BCUT2D eigenvalue weighted by Crippen LogP contribution is 2.13. The Morgan fingerprint density at radius 3 is 2.52 bits per heavy atom. The first kappa shape index (κ1) is 14.8. The molecule has 0 aliphatic rings. The zero-order valence-corrected chi connectivity index (χ0v) is 13.0. The Balaban J connectivity index is 1.65. The van der Waals surface area contributed by atoms with Crippen molar-refractivity contribution in [3.8, 4) is 5.69 Å². The van der Waals surface area contributed by atoms with E-state index in [1.54, 1.807) is 24.3 Å². The number of rotatable bonds is 3. The van der Waals surface area contributed by atoms with Gasteiger partial charge in [0, 0.05) is 6.07 Å². The molecule has 0 spiro atoms. The fourth-order valence-electron chi connectivity index (χ4n) is 2.47. The van der Waals surface area contributed by atoms with E-state index in [4.69, 9.17) is 0 Å². The average molecular weight is 331 g/mol. The van der Waals surface area contributed by atoms with Crippen LogP contribution in [0.1, 0.15) is 10.5 Å². The molecular formula is C18H13N5O2. The SMILES string of the molecule is O=C(Nc1nc2ccccc2[nH]1)c1ccc(=O)n(-c2ccccc2)n1. The Morgan fingerprint density at radius 2 is 1.72 bits per heavy atom. The van der Waals surface area contributed by atoms with E-state index in [1.807, 2.05) is 30.3 Å². The Morgan fingerprint density at radius 1 is 0.960 bits per heavy atom. The maximum absolute atomic E-state index is 12.4. The molecule has 0 radical (unpaired) electrons. The Bertz CT molecular complexity index is 1080. The van der Waals surface area contributed by atoms with Crippen molar-refractivity contribution >= 4 is 22.9 Å². The number of carbonyl (C=O) groups is 1. The Hall–Kier alpha value is -3.74. The number of benzene rings is 2. The smallest absolute Gasteiger partial charge is 0.278 e. The number of aromatic nitrogens is 4. The summed E-state index contributed by atoms with van der Waals surface area (Å²) in [5, 5.41) is 6.81. The van der Waals surface area contributed by atoms with Gasteiger partial charge in [0.15, 0.2) is 0 Å². The van der Waals surface area contributed by atoms with Gasteiger partial charge >= 0.3 is 0 Å². The second-order valence-corrected chi connectivity index (χ2v) is 5.36. The van der Waals surface area contributed by atoms with E-state index in [-0.39, 0.29) is 11.3 Å². The van der Waals surface area contributed by atoms with E-state index in [1.165, 1.54) is 16.8 Å². The van der Waals surface area contributed by atoms with Gasteiger partial charge < -0.3 is 4.98 Å². The molecule has 2 N–H and O–H groups in total. The van der Waals surface area contributed by atoms with Crippen LogP contribution in [0.15, 0.2) is 71.5 Å². The number of amides is 1. The van der Waals surface area contributed by atoms with Crippen LogP contribution in [0.4, 0.5) is 5.95 Å². The van der Waals surface area contributed by atoms with E-state index in [0.717, 1.165) is 11.0 Å². The van der Waals surface area contributed by atoms with Crippen LogP contribution in [0.5, 0.6) is 0 Å². The number of carbonyl (C=O) groups excluding carboxylic acids is 1. The van der Waals surface area contributed by atoms with Crippen molar-refractivity contribution in [1.82, 2.24) is 19.7 Å². The second kappa shape index (κ2) is 6.04. The van der Waals surface area contributed by atoms with Crippen LogP contribution in [-0.4, -0.2) is 25.7 Å². The van der Waals surface area contributed by atoms with Crippen molar-refractivity contribution < 1.29 is 4.79 Å². The number of H-pyrrole nitrogens is 1. The molecule has 0 atom stereocenters. The lowest BCUT2D eigenvalue weighted by Crippen LogP contribution is -2.25. The van der Waals surface area contributed by atoms with Gasteiger partial charge in [-0.05, 0) is 30.3 Å². The number of anilines is 1. The molecule has 0 saturated carbocycles. The quantitative estimate of drug-likeness (QED) is 0.603. The van der Waals surface area contributed by atoms with E-state index in [0.29, 0.717) is 11.6 Å². The van der Waals surface area contributed by atoms with Crippen molar-refractivity contribution in [2.75, 3.05) is 5.32 Å². The van der Waals surface area contributed by atoms with Crippen molar-refractivity contribution in [1.29, 1.82) is 0 Å². The number of aromatic amines is 1. The summed E-state index contributed by atoms with van der Waals surface area (Å²) in [6, 6.07) is 19.1. The lowest BCUT2D eigenvalue weighted by Gasteiger charge is -2.06. The van der Waals surface area contributed by atoms with Gasteiger partial charge in [0.1, 0.15) is 5.69 Å². The highest BCUT2D eigenvalue weighted by molar-refractivity contribution is 6.02. The number of imidazole rings is 1. The van der Waals surface area contributed by atoms with Gasteiger partial charge in [-0.2, -0.15) is 9.78 Å². The summed E-state index contributed by atoms with van der Waals surface area (Å²) in [6.45, 7) is 0. The summed E-state index contributed by atoms with van der Waals surface area (Å²) in [5.74, 6) is -0.130. The molecule has 0 fully saturated rings. The molecular weight excluding hydrogens is 318 g/mol. The molecule has 2 heterocycles. The third-order valence-electron chi connectivity index (χ3n) is 3.65. The number of para-hydroxylation sites is 3. The molecule has 0 saturated heterocycles. The Labute approximate surface area is 142 Å². The standard InChI is InChI=1S/C18H13N5O2/c24-16-11-10-15(22-23(16)12-6-2-1-3-7-12)17(25)21-18-19-13-8-4-5-9-14(13)20-18/h1-11H,(H2,19,20,21,25). The monoisotopic (exact) mass is 331 g/mol. The third kappa shape index (κ3) is 2.90. The fraction of sp³-hybridized carbons (Fsp3) is 0. The first-order valence-corrected chi connectivity index (χ1v) is 7.62. The van der Waals surface area contributed by atoms with Crippen LogP contribution in [0, 0.1) is 0 Å². The van der Waals surface area contributed by atoms with E-state index in [9.17, 15) is 9.59 Å². The molecule has 122 valence electrons. The van der Waals surface area contributed by atoms with Gasteiger partial charge in [0.05, 0.1) is 16.7 Å². The normalized spacial score (nSPS) is 10.7. The van der Waals surface area contributed by atoms with Crippen LogP contribution < -0.4 is 10.9 Å². The largest absolute Gasteiger partial charge is 0.324 e. The number of fused-ring (bicyclic) bond motifs is 1. The lowest BCUT2D eigenvalue weighted by molar-refractivity contribution is 0.102. The minimum atomic E-state index is -0.455. The number of nitrogens with one attached hydrogen (secondary N) is 2. The van der Waals surface area contributed by atoms with Gasteiger partial charge in [-0.3, -0.25) is 14.9 Å². The minimum Gasteiger partial charge on any atom is -0.324 e. The fourth-order valence-corrected chi connectivity index (χ4v) is 2.47. The molecule has 0 aliphatic carbocycles. The highest BCUT2D eigenvalue weighted by Gasteiger charge is 2.13. The summed E-state index contributed by atoms with van der Waals surface area (Å²) < 4.78 is 1.19. The first-order valence-electron chi connectivity index (χ1n) is 7.62. The van der Waals surface area contributed by atoms with Crippen LogP contribution in [0.2, 0.25) is 0 Å². The number of nitrogens with zero attached hydrogens (tertiary/aromatic N) is 3. The molecule has 7 heteroatoms. The summed E-state index contributed by atoms with van der Waals surface area (Å²) in [7, 11) is 0. The predicted molar refractivity (Wildman–Crippen MR) is 93.9 cm³/mol. The topological polar surface area (TPSA) is 92.7 Å². The van der Waals surface area contributed by atoms with Crippen molar-refractivity contribution in [3.63, 3.8) is 0 Å². The maximum Gasteiger partial charge on any atom is 0.278 e. The highest BCUT2D eigenvalue weighted by atomic mass is 16.2. The summed E-state index contributed by atoms with van der Waals surface area (Å²) in [6.07, 6.45) is 0. The summed E-state index contributed by atoms with van der Waals surface area (Å²) >= 11 is 0. The molecule has 2 aromatic carbocycles. The van der Waals surface area contributed by atoms with Crippen LogP contribution >= 0.6 is 0 Å². The van der Waals surface area contributed by atoms with Crippen LogP contribution in [0.3, 0.4) is 0 Å². The molecule has 4 rings (SSSR count). The molecule has 0 bridgehead atoms. The average Bonchev–Trinajstić information content (AvgIpc) is 3.05. The molecule has 2 aromatic heterocycles. The van der Waals surface area contributed by atoms with Crippen molar-refractivity contribution in [2.45, 2.75) is 0 Å². The van der Waals surface area contributed by atoms with Gasteiger partial charge in [-0.25, -0.2) is 4.98 Å². The number of hydrogen-bond donors (Lipinski definition) is 2. The second-order valence-electron chi connectivity index (χ2n) is 5.36. The van der Waals surface area contributed by atoms with Gasteiger partial charge in [-0.1, -0.05) is 30.3 Å². The van der Waals surface area contributed by atoms with Crippen LogP contribution in [-0.2, 0) is 0 Å². The van der Waals surface area contributed by atoms with Gasteiger partial charge in [0.2, 0.25) is 5.95 Å².